The number of amides is 1. The molecule has 0 aromatic carbocycles. The largest absolute Gasteiger partial charge is 0.375 e. The van der Waals surface area contributed by atoms with Crippen LogP contribution >= 0.6 is 0 Å². The zero-order valence-corrected chi connectivity index (χ0v) is 12.9. The molecule has 0 N–H and O–H groups in total. The zero-order valence-electron chi connectivity index (χ0n) is 12.9. The monoisotopic (exact) mass is 292 g/mol. The molecule has 3 rings (SSSR count). The van der Waals surface area contributed by atoms with Gasteiger partial charge in [-0.2, -0.15) is 0 Å². The van der Waals surface area contributed by atoms with Crippen LogP contribution in [0.1, 0.15) is 49.1 Å². The highest BCUT2D eigenvalue weighted by molar-refractivity contribution is 5.77. The number of aryl methyl sites for hydroxylation is 1. The molecule has 1 aliphatic heterocycles. The van der Waals surface area contributed by atoms with E-state index < -0.39 is 0 Å². The van der Waals surface area contributed by atoms with Crippen LogP contribution in [0.2, 0.25) is 0 Å². The van der Waals surface area contributed by atoms with E-state index in [0.717, 1.165) is 50.5 Å². The highest BCUT2D eigenvalue weighted by atomic mass is 16.5. The average molecular weight is 292 g/mol. The molecule has 1 atom stereocenters. The summed E-state index contributed by atoms with van der Waals surface area (Å²) in [6.07, 6.45) is 5.28. The number of ether oxygens (including phenoxy) is 1. The van der Waals surface area contributed by atoms with E-state index in [1.165, 1.54) is 17.7 Å². The Morgan fingerprint density at radius 2 is 2.14 bits per heavy atom. The first kappa shape index (κ1) is 14.6. The maximum Gasteiger partial charge on any atom is 0.248 e. The highest BCUT2D eigenvalue weighted by Crippen LogP contribution is 2.36. The van der Waals surface area contributed by atoms with Gasteiger partial charge < -0.3 is 14.2 Å². The van der Waals surface area contributed by atoms with Crippen molar-refractivity contribution in [3.63, 3.8) is 0 Å². The molecule has 2 heterocycles. The van der Waals surface area contributed by atoms with Crippen LogP contribution in [0.25, 0.3) is 0 Å². The molecule has 2 aliphatic rings. The number of carbonyl (C=O) groups excluding carboxylic acids is 1. The Bertz CT molecular complexity index is 504. The Hall–Kier alpha value is -1.36. The number of likely N-dealkylation sites (tertiary alicyclic amines) is 1. The normalized spacial score (nSPS) is 23.1. The summed E-state index contributed by atoms with van der Waals surface area (Å²) in [5.74, 6) is 2.32. The molecule has 21 heavy (non-hydrogen) atoms. The fourth-order valence-electron chi connectivity index (χ4n) is 3.53. The number of carbonyl (C=O) groups is 1. The molecule has 1 amide bonds. The van der Waals surface area contributed by atoms with Crippen LogP contribution in [0.15, 0.2) is 4.52 Å². The minimum absolute atomic E-state index is 0.0872. The molecule has 1 unspecified atom stereocenters. The lowest BCUT2D eigenvalue weighted by molar-refractivity contribution is -0.136. The van der Waals surface area contributed by atoms with Crippen LogP contribution in [0.3, 0.4) is 0 Å². The summed E-state index contributed by atoms with van der Waals surface area (Å²) in [5.41, 5.74) is 2.52. The quantitative estimate of drug-likeness (QED) is 0.856. The number of rotatable bonds is 3. The number of fused-ring (bicyclic) bond motifs is 1. The van der Waals surface area contributed by atoms with E-state index in [1.54, 1.807) is 7.11 Å². The van der Waals surface area contributed by atoms with E-state index >= 15 is 0 Å². The van der Waals surface area contributed by atoms with Crippen molar-refractivity contribution in [1.82, 2.24) is 10.1 Å². The Morgan fingerprint density at radius 3 is 2.86 bits per heavy atom. The second-order valence-electron chi connectivity index (χ2n) is 6.41. The highest BCUT2D eigenvalue weighted by Gasteiger charge is 2.31. The predicted octanol–water partition coefficient (Wildman–Crippen LogP) is 2.15. The van der Waals surface area contributed by atoms with Gasteiger partial charge in [0.25, 0.3) is 0 Å². The first-order valence-electron chi connectivity index (χ1n) is 7.93. The van der Waals surface area contributed by atoms with Crippen LogP contribution in [-0.4, -0.2) is 42.8 Å². The third kappa shape index (κ3) is 2.98. The minimum Gasteiger partial charge on any atom is -0.375 e. The molecule has 0 radical (unpaired) electrons. The molecule has 0 saturated carbocycles. The fraction of sp³-hybridized carbons (Fsp3) is 0.750. The number of nitrogens with zero attached hydrogens (tertiary/aromatic N) is 2. The molecule has 1 aliphatic carbocycles. The van der Waals surface area contributed by atoms with Crippen molar-refractivity contribution < 1.29 is 14.1 Å². The summed E-state index contributed by atoms with van der Waals surface area (Å²) in [7, 11) is 1.56. The van der Waals surface area contributed by atoms with Crippen LogP contribution in [0.4, 0.5) is 0 Å². The van der Waals surface area contributed by atoms with Gasteiger partial charge in [-0.3, -0.25) is 4.79 Å². The summed E-state index contributed by atoms with van der Waals surface area (Å²) >= 11 is 0. The Morgan fingerprint density at radius 1 is 1.38 bits per heavy atom. The number of hydrogen-bond acceptors (Lipinski definition) is 4. The Balaban J connectivity index is 1.65. The van der Waals surface area contributed by atoms with Gasteiger partial charge in [0.1, 0.15) is 12.4 Å². The third-order valence-corrected chi connectivity index (χ3v) is 4.81. The smallest absolute Gasteiger partial charge is 0.248 e. The van der Waals surface area contributed by atoms with E-state index in [1.807, 2.05) is 4.90 Å². The van der Waals surface area contributed by atoms with E-state index in [4.69, 9.17) is 9.26 Å². The van der Waals surface area contributed by atoms with Crippen LogP contribution in [-0.2, 0) is 22.4 Å². The second-order valence-corrected chi connectivity index (χ2v) is 6.41. The molecule has 1 aromatic rings. The van der Waals surface area contributed by atoms with E-state index in [0.29, 0.717) is 5.92 Å². The molecular weight excluding hydrogens is 268 g/mol. The van der Waals surface area contributed by atoms with Gasteiger partial charge in [0.15, 0.2) is 0 Å². The molecule has 5 heteroatoms. The van der Waals surface area contributed by atoms with Crippen LogP contribution in [0, 0.1) is 5.92 Å². The van der Waals surface area contributed by atoms with Crippen molar-refractivity contribution in [1.29, 1.82) is 0 Å². The average Bonchev–Trinajstić information content (AvgIpc) is 2.90. The summed E-state index contributed by atoms with van der Waals surface area (Å²) in [4.78, 5) is 13.7. The van der Waals surface area contributed by atoms with Gasteiger partial charge in [-0.15, -0.1) is 0 Å². The van der Waals surface area contributed by atoms with Gasteiger partial charge in [-0.05, 0) is 38.0 Å². The maximum atomic E-state index is 11.8. The summed E-state index contributed by atoms with van der Waals surface area (Å²) in [6.45, 7) is 4.06. The van der Waals surface area contributed by atoms with E-state index in [2.05, 4.69) is 12.1 Å². The van der Waals surface area contributed by atoms with Crippen LogP contribution < -0.4 is 0 Å². The number of methoxy groups -OCH3 is 1. The molecule has 1 saturated heterocycles. The van der Waals surface area contributed by atoms with Crippen molar-refractivity contribution in [2.24, 2.45) is 5.92 Å². The van der Waals surface area contributed by atoms with Gasteiger partial charge in [0, 0.05) is 31.7 Å². The first-order valence-corrected chi connectivity index (χ1v) is 7.93. The third-order valence-electron chi connectivity index (χ3n) is 4.81. The molecule has 1 fully saturated rings. The lowest BCUT2D eigenvalue weighted by atomic mass is 9.83. The first-order chi connectivity index (χ1) is 10.2. The van der Waals surface area contributed by atoms with Crippen molar-refractivity contribution in [3.05, 3.63) is 17.0 Å². The number of piperidine rings is 1. The molecule has 0 bridgehead atoms. The fourth-order valence-corrected chi connectivity index (χ4v) is 3.53. The van der Waals surface area contributed by atoms with Gasteiger partial charge in [0.05, 0.1) is 5.69 Å². The molecule has 0 spiro atoms. The van der Waals surface area contributed by atoms with Crippen molar-refractivity contribution in [2.75, 3.05) is 26.8 Å². The van der Waals surface area contributed by atoms with Gasteiger partial charge in [-0.25, -0.2) is 0 Å². The number of hydrogen-bond donors (Lipinski definition) is 0. The Kier molecular flexibility index (Phi) is 4.29. The molecule has 116 valence electrons. The van der Waals surface area contributed by atoms with Gasteiger partial charge in [-0.1, -0.05) is 12.1 Å². The standard InChI is InChI=1S/C16H24N2O3/c1-11-3-4-14-13(9-11)16(21-17-14)12-5-7-18(8-6-12)15(19)10-20-2/h11-12H,3-10H2,1-2H3. The van der Waals surface area contributed by atoms with E-state index in [9.17, 15) is 4.79 Å². The van der Waals surface area contributed by atoms with Crippen molar-refractivity contribution in [3.8, 4) is 0 Å². The van der Waals surface area contributed by atoms with Crippen molar-refractivity contribution in [2.45, 2.75) is 44.9 Å². The molecule has 1 aromatic heterocycles. The maximum absolute atomic E-state index is 11.8. The lowest BCUT2D eigenvalue weighted by Crippen LogP contribution is -2.39. The SMILES string of the molecule is COCC(=O)N1CCC(c2onc3c2CC(C)CC3)CC1. The zero-order chi connectivity index (χ0) is 14.8. The van der Waals surface area contributed by atoms with Gasteiger partial charge >= 0.3 is 0 Å². The van der Waals surface area contributed by atoms with Crippen LogP contribution in [0.5, 0.6) is 0 Å². The predicted molar refractivity (Wildman–Crippen MR) is 78.1 cm³/mol. The van der Waals surface area contributed by atoms with Gasteiger partial charge in [0.2, 0.25) is 5.91 Å². The van der Waals surface area contributed by atoms with Crippen molar-refractivity contribution >= 4 is 5.91 Å². The minimum atomic E-state index is 0.0872. The second kappa shape index (κ2) is 6.18. The molecule has 5 nitrogen and oxygen atoms in total. The van der Waals surface area contributed by atoms with E-state index in [-0.39, 0.29) is 12.5 Å². The Labute approximate surface area is 125 Å². The topological polar surface area (TPSA) is 55.6 Å². The summed E-state index contributed by atoms with van der Waals surface area (Å²) in [5, 5.41) is 4.27. The lowest BCUT2D eigenvalue weighted by Gasteiger charge is -2.31. The summed E-state index contributed by atoms with van der Waals surface area (Å²) in [6, 6.07) is 0. The summed E-state index contributed by atoms with van der Waals surface area (Å²) < 4.78 is 10.6. The number of aromatic nitrogens is 1. The molecular formula is C16H24N2O3.